The van der Waals surface area contributed by atoms with Gasteiger partial charge in [-0.2, -0.15) is 4.98 Å². The van der Waals surface area contributed by atoms with Crippen LogP contribution in [-0.4, -0.2) is 19.2 Å². The molecule has 0 fully saturated rings. The number of oxazole rings is 1. The third kappa shape index (κ3) is 4.02. The average Bonchev–Trinajstić information content (AvgIpc) is 3.08. The van der Waals surface area contributed by atoms with Crippen molar-refractivity contribution in [2.75, 3.05) is 5.75 Å². The molecule has 0 aliphatic heterocycles. The van der Waals surface area contributed by atoms with E-state index in [2.05, 4.69) is 11.9 Å². The number of hydrogen-bond acceptors (Lipinski definition) is 5. The van der Waals surface area contributed by atoms with Crippen molar-refractivity contribution in [1.29, 1.82) is 0 Å². The molecule has 0 spiro atoms. The summed E-state index contributed by atoms with van der Waals surface area (Å²) in [5.74, 6) is 1.12. The van der Waals surface area contributed by atoms with E-state index >= 15 is 0 Å². The van der Waals surface area contributed by atoms with Gasteiger partial charge in [-0.1, -0.05) is 61.0 Å². The quantitative estimate of drug-likeness (QED) is 0.403. The summed E-state index contributed by atoms with van der Waals surface area (Å²) in [7, 11) is -3.73. The fourth-order valence-electron chi connectivity index (χ4n) is 2.39. The molecule has 1 aromatic heterocycles. The molecule has 0 bridgehead atoms. The van der Waals surface area contributed by atoms with Crippen LogP contribution in [0.1, 0.15) is 25.3 Å². The van der Waals surface area contributed by atoms with E-state index in [4.69, 9.17) is 4.42 Å². The summed E-state index contributed by atoms with van der Waals surface area (Å²) in [5.41, 5.74) is 1.89. The molecule has 3 rings (SSSR count). The highest BCUT2D eigenvalue weighted by Gasteiger charge is 2.28. The van der Waals surface area contributed by atoms with Crippen molar-refractivity contribution in [3.8, 4) is 11.5 Å². The second-order valence-corrected chi connectivity index (χ2v) is 8.93. The van der Waals surface area contributed by atoms with Crippen molar-refractivity contribution in [1.82, 2.24) is 4.98 Å². The third-order valence-corrected chi connectivity index (χ3v) is 6.74. The maximum atomic E-state index is 13.1. The van der Waals surface area contributed by atoms with Gasteiger partial charge in [0.1, 0.15) is 0 Å². The Morgan fingerprint density at radius 1 is 1.04 bits per heavy atom. The number of thioether (sulfide) groups is 1. The third-order valence-electron chi connectivity index (χ3n) is 3.90. The van der Waals surface area contributed by atoms with Crippen LogP contribution in [0.25, 0.3) is 11.5 Å². The van der Waals surface area contributed by atoms with Gasteiger partial charge in [0.15, 0.2) is 0 Å². The number of nitrogens with zero attached hydrogens (tertiary/aromatic N) is 1. The number of aryl methyl sites for hydroxylation is 1. The van der Waals surface area contributed by atoms with E-state index in [1.54, 1.807) is 30.3 Å². The van der Waals surface area contributed by atoms with Gasteiger partial charge in [0.25, 0.3) is 0 Å². The molecule has 26 heavy (non-hydrogen) atoms. The molecule has 0 amide bonds. The van der Waals surface area contributed by atoms with Crippen LogP contribution in [-0.2, 0) is 9.84 Å². The van der Waals surface area contributed by atoms with Crippen molar-refractivity contribution in [2.24, 2.45) is 0 Å². The Balaban J connectivity index is 2.06. The maximum Gasteiger partial charge on any atom is 0.228 e. The second-order valence-electron chi connectivity index (χ2n) is 6.00. The van der Waals surface area contributed by atoms with Crippen LogP contribution < -0.4 is 0 Å². The Bertz CT molecular complexity index is 962. The molecule has 136 valence electrons. The first-order chi connectivity index (χ1) is 12.5. The molecule has 0 saturated carbocycles. The van der Waals surface area contributed by atoms with Crippen LogP contribution in [0.4, 0.5) is 0 Å². The molecule has 0 atom stereocenters. The van der Waals surface area contributed by atoms with E-state index in [9.17, 15) is 8.42 Å². The van der Waals surface area contributed by atoms with E-state index < -0.39 is 9.84 Å². The van der Waals surface area contributed by atoms with Crippen molar-refractivity contribution < 1.29 is 12.8 Å². The largest absolute Gasteiger partial charge is 0.428 e. The summed E-state index contributed by atoms with van der Waals surface area (Å²) in [6.45, 7) is 4.09. The zero-order chi connectivity index (χ0) is 18.6. The standard InChI is InChI=1S/C20H21NO3S2/c1-3-4-14-25-20-19(26(22,23)17-8-6-5-7-9-17)21-18(24-20)16-12-10-15(2)11-13-16/h5-13H,3-4,14H2,1-2H3. The zero-order valence-corrected chi connectivity index (χ0v) is 16.4. The molecule has 0 N–H and O–H groups in total. The van der Waals surface area contributed by atoms with Crippen LogP contribution in [0, 0.1) is 6.92 Å². The van der Waals surface area contributed by atoms with Gasteiger partial charge in [0, 0.05) is 11.3 Å². The van der Waals surface area contributed by atoms with Crippen molar-refractivity contribution in [2.45, 2.75) is 41.7 Å². The van der Waals surface area contributed by atoms with Gasteiger partial charge in [-0.3, -0.25) is 0 Å². The molecule has 0 aliphatic carbocycles. The highest BCUT2D eigenvalue weighted by molar-refractivity contribution is 8.00. The van der Waals surface area contributed by atoms with Crippen molar-refractivity contribution in [3.05, 3.63) is 60.2 Å². The highest BCUT2D eigenvalue weighted by Crippen LogP contribution is 2.35. The molecule has 0 unspecified atom stereocenters. The number of unbranched alkanes of at least 4 members (excludes halogenated alkanes) is 1. The summed E-state index contributed by atoms with van der Waals surface area (Å²) in [6, 6.07) is 16.0. The Morgan fingerprint density at radius 3 is 2.38 bits per heavy atom. The minimum atomic E-state index is -3.73. The van der Waals surface area contributed by atoms with Crippen molar-refractivity contribution >= 4 is 21.6 Å². The number of sulfone groups is 1. The van der Waals surface area contributed by atoms with Gasteiger partial charge < -0.3 is 4.42 Å². The molecule has 2 aromatic carbocycles. The molecule has 0 radical (unpaired) electrons. The van der Waals surface area contributed by atoms with Gasteiger partial charge in [0.05, 0.1) is 4.90 Å². The topological polar surface area (TPSA) is 60.2 Å². The number of rotatable bonds is 7. The molecule has 1 heterocycles. The van der Waals surface area contributed by atoms with Gasteiger partial charge >= 0.3 is 0 Å². The fraction of sp³-hybridized carbons (Fsp3) is 0.250. The molecule has 3 aromatic rings. The summed E-state index contributed by atoms with van der Waals surface area (Å²) in [4.78, 5) is 4.58. The summed E-state index contributed by atoms with van der Waals surface area (Å²) in [5, 5.41) is 0.359. The lowest BCUT2D eigenvalue weighted by Crippen LogP contribution is -2.03. The first-order valence-electron chi connectivity index (χ1n) is 8.53. The molecule has 0 saturated heterocycles. The monoisotopic (exact) mass is 387 g/mol. The lowest BCUT2D eigenvalue weighted by atomic mass is 10.1. The van der Waals surface area contributed by atoms with Crippen molar-refractivity contribution in [3.63, 3.8) is 0 Å². The van der Waals surface area contributed by atoms with Crippen LogP contribution in [0.5, 0.6) is 0 Å². The second kappa shape index (κ2) is 8.10. The van der Waals surface area contributed by atoms with Crippen LogP contribution in [0.15, 0.2) is 74.0 Å². The summed E-state index contributed by atoms with van der Waals surface area (Å²) in [6.07, 6.45) is 2.02. The fourth-order valence-corrected chi connectivity index (χ4v) is 5.03. The van der Waals surface area contributed by atoms with Gasteiger partial charge in [-0.25, -0.2) is 8.42 Å². The predicted octanol–water partition coefficient (Wildman–Crippen LogP) is 5.38. The Morgan fingerprint density at radius 2 is 1.73 bits per heavy atom. The summed E-state index contributed by atoms with van der Waals surface area (Å²) >= 11 is 1.40. The van der Waals surface area contributed by atoms with Gasteiger partial charge in [-0.15, -0.1) is 0 Å². The lowest BCUT2D eigenvalue weighted by molar-refractivity contribution is 0.470. The summed E-state index contributed by atoms with van der Waals surface area (Å²) < 4.78 is 32.0. The Kier molecular flexibility index (Phi) is 5.84. The number of benzene rings is 2. The van der Waals surface area contributed by atoms with E-state index in [0.29, 0.717) is 11.0 Å². The van der Waals surface area contributed by atoms with Crippen LogP contribution in [0.2, 0.25) is 0 Å². The average molecular weight is 388 g/mol. The smallest absolute Gasteiger partial charge is 0.228 e. The molecule has 4 nitrogen and oxygen atoms in total. The minimum Gasteiger partial charge on any atom is -0.428 e. The van der Waals surface area contributed by atoms with Crippen LogP contribution >= 0.6 is 11.8 Å². The molecule has 0 aliphatic rings. The molecule has 6 heteroatoms. The van der Waals surface area contributed by atoms with E-state index in [1.807, 2.05) is 31.2 Å². The first-order valence-corrected chi connectivity index (χ1v) is 11.0. The first kappa shape index (κ1) is 18.7. The SMILES string of the molecule is CCCCSc1oc(-c2ccc(C)cc2)nc1S(=O)(=O)c1ccccc1. The molecular weight excluding hydrogens is 366 g/mol. The Labute approximate surface area is 158 Å². The van der Waals surface area contributed by atoms with E-state index in [-0.39, 0.29) is 9.92 Å². The van der Waals surface area contributed by atoms with E-state index in [1.165, 1.54) is 11.8 Å². The van der Waals surface area contributed by atoms with Gasteiger partial charge in [-0.05, 0) is 37.6 Å². The number of aromatic nitrogens is 1. The number of hydrogen-bond donors (Lipinski definition) is 0. The van der Waals surface area contributed by atoms with Crippen LogP contribution in [0.3, 0.4) is 0 Å². The zero-order valence-electron chi connectivity index (χ0n) is 14.8. The predicted molar refractivity (Wildman–Crippen MR) is 104 cm³/mol. The maximum absolute atomic E-state index is 13.1. The normalized spacial score (nSPS) is 11.6. The lowest BCUT2D eigenvalue weighted by Gasteiger charge is -2.02. The Hall–Kier alpha value is -2.05. The highest BCUT2D eigenvalue weighted by atomic mass is 32.2. The minimum absolute atomic E-state index is 0.000350. The molecular formula is C20H21NO3S2. The van der Waals surface area contributed by atoms with Gasteiger partial charge in [0.2, 0.25) is 25.8 Å². The van der Waals surface area contributed by atoms with E-state index in [0.717, 1.165) is 29.7 Å².